The molecule has 1 aliphatic rings. The first-order valence-corrected chi connectivity index (χ1v) is 8.79. The zero-order valence-corrected chi connectivity index (χ0v) is 15.2. The molecule has 0 saturated heterocycles. The molecule has 1 aliphatic heterocycles. The molecule has 0 radical (unpaired) electrons. The van der Waals surface area contributed by atoms with Gasteiger partial charge in [0.2, 0.25) is 5.91 Å². The van der Waals surface area contributed by atoms with E-state index in [1.54, 1.807) is 38.1 Å². The first-order valence-electron chi connectivity index (χ1n) is 7.43. The quantitative estimate of drug-likeness (QED) is 0.790. The number of hydrogen-bond donors (Lipinski definition) is 1. The summed E-state index contributed by atoms with van der Waals surface area (Å²) in [6.07, 6.45) is 0. The Balaban J connectivity index is 2.02. The molecule has 1 N–H and O–H groups in total. The molecule has 0 saturated carbocycles. The number of amides is 3. The van der Waals surface area contributed by atoms with Gasteiger partial charge < -0.3 is 10.1 Å². The van der Waals surface area contributed by atoms with Crippen molar-refractivity contribution in [3.05, 3.63) is 29.3 Å². The van der Waals surface area contributed by atoms with Gasteiger partial charge in [0.1, 0.15) is 5.92 Å². The van der Waals surface area contributed by atoms with Crippen molar-refractivity contribution in [3.63, 3.8) is 0 Å². The summed E-state index contributed by atoms with van der Waals surface area (Å²) in [4.78, 5) is 43.1. The first kappa shape index (κ1) is 19.1. The Morgan fingerprint density at radius 3 is 2.80 bits per heavy atom. The Morgan fingerprint density at radius 1 is 1.36 bits per heavy atom. The van der Waals surface area contributed by atoms with Crippen molar-refractivity contribution in [2.45, 2.75) is 13.8 Å². The van der Waals surface area contributed by atoms with Gasteiger partial charge in [0.25, 0.3) is 0 Å². The lowest BCUT2D eigenvalue weighted by Crippen LogP contribution is -2.34. The van der Waals surface area contributed by atoms with E-state index in [2.05, 4.69) is 15.3 Å². The number of nitrogens with one attached hydrogen (secondary N) is 1. The van der Waals surface area contributed by atoms with Crippen LogP contribution < -0.4 is 5.32 Å². The molecule has 0 fully saturated rings. The van der Waals surface area contributed by atoms with Crippen LogP contribution in [0.3, 0.4) is 0 Å². The van der Waals surface area contributed by atoms with Crippen LogP contribution in [0.1, 0.15) is 13.8 Å². The van der Waals surface area contributed by atoms with Crippen molar-refractivity contribution in [3.8, 4) is 0 Å². The van der Waals surface area contributed by atoms with Gasteiger partial charge in [0.05, 0.1) is 17.4 Å². The average molecular weight is 382 g/mol. The highest BCUT2D eigenvalue weighted by molar-refractivity contribution is 8.14. The topological polar surface area (TPSA) is 97.2 Å². The fourth-order valence-corrected chi connectivity index (χ4v) is 3.21. The molecule has 1 aromatic rings. The van der Waals surface area contributed by atoms with Crippen molar-refractivity contribution in [2.24, 2.45) is 15.9 Å². The molecule has 132 valence electrons. The monoisotopic (exact) mass is 381 g/mol. The first-order chi connectivity index (χ1) is 11.9. The van der Waals surface area contributed by atoms with E-state index < -0.39 is 17.9 Å². The van der Waals surface area contributed by atoms with Gasteiger partial charge in [0.15, 0.2) is 0 Å². The van der Waals surface area contributed by atoms with E-state index in [1.165, 1.54) is 0 Å². The summed E-state index contributed by atoms with van der Waals surface area (Å²) < 4.78 is 4.99. The van der Waals surface area contributed by atoms with Gasteiger partial charge in [-0.2, -0.15) is 9.98 Å². The lowest BCUT2D eigenvalue weighted by molar-refractivity contribution is -0.143. The number of benzene rings is 1. The van der Waals surface area contributed by atoms with E-state index in [0.29, 0.717) is 16.4 Å². The van der Waals surface area contributed by atoms with Crippen LogP contribution in [-0.4, -0.2) is 41.0 Å². The average Bonchev–Trinajstić information content (AvgIpc) is 2.52. The summed E-state index contributed by atoms with van der Waals surface area (Å²) in [5.41, 5.74) is 0.857. The van der Waals surface area contributed by atoms with Crippen molar-refractivity contribution in [1.29, 1.82) is 0 Å². The van der Waals surface area contributed by atoms with E-state index in [4.69, 9.17) is 16.3 Å². The van der Waals surface area contributed by atoms with Crippen LogP contribution >= 0.6 is 23.4 Å². The molecule has 0 spiro atoms. The van der Waals surface area contributed by atoms with Gasteiger partial charge in [-0.1, -0.05) is 29.4 Å². The summed E-state index contributed by atoms with van der Waals surface area (Å²) in [7, 11) is 0. The van der Waals surface area contributed by atoms with Crippen LogP contribution in [0, 0.1) is 5.92 Å². The van der Waals surface area contributed by atoms with E-state index >= 15 is 0 Å². The second-order valence-corrected chi connectivity index (χ2v) is 6.45. The maximum atomic E-state index is 12.1. The zero-order valence-electron chi connectivity index (χ0n) is 13.6. The van der Waals surface area contributed by atoms with Gasteiger partial charge in [-0.05, 0) is 32.0 Å². The van der Waals surface area contributed by atoms with Crippen LogP contribution in [0.4, 0.5) is 10.5 Å². The lowest BCUT2D eigenvalue weighted by Gasteiger charge is -2.19. The minimum absolute atomic E-state index is 0.0260. The van der Waals surface area contributed by atoms with Crippen LogP contribution in [0.25, 0.3) is 0 Å². The summed E-state index contributed by atoms with van der Waals surface area (Å²) in [5, 5.41) is 3.39. The smallest absolute Gasteiger partial charge is 0.367 e. The fourth-order valence-electron chi connectivity index (χ4n) is 2.09. The summed E-state index contributed by atoms with van der Waals surface area (Å²) in [5.74, 6) is -1.74. The van der Waals surface area contributed by atoms with E-state index in [0.717, 1.165) is 11.8 Å². The van der Waals surface area contributed by atoms with Gasteiger partial charge in [0, 0.05) is 16.4 Å². The third-order valence-corrected chi connectivity index (χ3v) is 4.39. The van der Waals surface area contributed by atoms with Crippen molar-refractivity contribution >= 4 is 57.7 Å². The molecule has 7 nitrogen and oxygen atoms in total. The fraction of sp³-hybridized carbons (Fsp3) is 0.312. The van der Waals surface area contributed by atoms with Gasteiger partial charge >= 0.3 is 12.0 Å². The van der Waals surface area contributed by atoms with Gasteiger partial charge in [-0.3, -0.25) is 9.59 Å². The molecule has 1 aromatic carbocycles. The number of ether oxygens (including phenoxy) is 1. The Bertz CT molecular complexity index is 764. The summed E-state index contributed by atoms with van der Waals surface area (Å²) in [6.45, 7) is 3.44. The predicted molar refractivity (Wildman–Crippen MR) is 98.6 cm³/mol. The largest absolute Gasteiger partial charge is 0.465 e. The number of hydrogen-bond acceptors (Lipinski definition) is 5. The molecule has 0 bridgehead atoms. The second kappa shape index (κ2) is 8.77. The number of aliphatic imine (C=N–C) groups is 2. The standard InChI is InChI=1S/C16H16ClN3O4S/c1-3-24-15(22)13-9(2)18-16(23)20-14(13)25-8-12(21)19-11-6-4-5-10(17)7-11/h4-7,13H,3,8H2,1-2H3,(H,19,21). The maximum absolute atomic E-state index is 12.1. The Morgan fingerprint density at radius 2 is 2.12 bits per heavy atom. The van der Waals surface area contributed by atoms with Crippen LogP contribution in [0.5, 0.6) is 0 Å². The third-order valence-electron chi connectivity index (χ3n) is 3.12. The highest BCUT2D eigenvalue weighted by Gasteiger charge is 2.33. The van der Waals surface area contributed by atoms with Gasteiger partial charge in [-0.25, -0.2) is 4.79 Å². The Labute approximate surface area is 153 Å². The number of thioether (sulfide) groups is 1. The molecule has 0 aliphatic carbocycles. The number of rotatable bonds is 5. The molecular weight excluding hydrogens is 366 g/mol. The highest BCUT2D eigenvalue weighted by atomic mass is 35.5. The summed E-state index contributed by atoms with van der Waals surface area (Å²) in [6, 6.07) is 6.03. The molecule has 2 rings (SSSR count). The van der Waals surface area contributed by atoms with Crippen molar-refractivity contribution < 1.29 is 19.1 Å². The molecule has 3 amide bonds. The van der Waals surface area contributed by atoms with E-state index in [-0.39, 0.29) is 23.3 Å². The van der Waals surface area contributed by atoms with Gasteiger partial charge in [-0.15, -0.1) is 0 Å². The molecule has 1 heterocycles. The predicted octanol–water partition coefficient (Wildman–Crippen LogP) is 3.18. The number of carbonyl (C=O) groups is 3. The van der Waals surface area contributed by atoms with Crippen LogP contribution in [0.15, 0.2) is 34.3 Å². The number of esters is 1. The molecular formula is C16H16ClN3O4S. The lowest BCUT2D eigenvalue weighted by atomic mass is 10.1. The summed E-state index contributed by atoms with van der Waals surface area (Å²) >= 11 is 6.87. The van der Waals surface area contributed by atoms with E-state index in [1.807, 2.05) is 0 Å². The van der Waals surface area contributed by atoms with Crippen LogP contribution in [-0.2, 0) is 14.3 Å². The molecule has 9 heteroatoms. The second-order valence-electron chi connectivity index (χ2n) is 5.02. The maximum Gasteiger partial charge on any atom is 0.367 e. The Kier molecular flexibility index (Phi) is 6.72. The zero-order chi connectivity index (χ0) is 18.4. The minimum Gasteiger partial charge on any atom is -0.465 e. The van der Waals surface area contributed by atoms with Crippen molar-refractivity contribution in [2.75, 3.05) is 17.7 Å². The minimum atomic E-state index is -0.860. The third kappa shape index (κ3) is 5.40. The molecule has 1 atom stereocenters. The SMILES string of the molecule is CCOC(=O)C1C(C)=NC(=O)N=C1SCC(=O)Nc1cccc(Cl)c1. The molecule has 0 aromatic heterocycles. The number of anilines is 1. The normalized spacial score (nSPS) is 16.8. The van der Waals surface area contributed by atoms with E-state index in [9.17, 15) is 14.4 Å². The molecule has 1 unspecified atom stereocenters. The highest BCUT2D eigenvalue weighted by Crippen LogP contribution is 2.22. The number of carbonyl (C=O) groups excluding carboxylic acids is 3. The number of nitrogens with zero attached hydrogens (tertiary/aromatic N) is 2. The Hall–Kier alpha value is -2.19. The van der Waals surface area contributed by atoms with Crippen molar-refractivity contribution in [1.82, 2.24) is 0 Å². The number of urea groups is 1. The number of halogens is 1. The van der Waals surface area contributed by atoms with Crippen LogP contribution in [0.2, 0.25) is 5.02 Å². The molecule has 25 heavy (non-hydrogen) atoms.